The smallest absolute Gasteiger partial charge is 0.169 e. The van der Waals surface area contributed by atoms with Gasteiger partial charge in [0.25, 0.3) is 0 Å². The lowest BCUT2D eigenvalue weighted by atomic mass is 9.67. The molecule has 2 aliphatic carbocycles. The number of rotatable bonds is 1. The molecule has 1 saturated carbocycles. The van der Waals surface area contributed by atoms with Gasteiger partial charge in [0.2, 0.25) is 0 Å². The van der Waals surface area contributed by atoms with Gasteiger partial charge in [-0.25, -0.2) is 0 Å². The van der Waals surface area contributed by atoms with Crippen LogP contribution < -0.4 is 0 Å². The molecule has 18 heavy (non-hydrogen) atoms. The normalized spacial score (nSPS) is 30.7. The minimum atomic E-state index is -0.137. The van der Waals surface area contributed by atoms with Crippen molar-refractivity contribution in [2.75, 3.05) is 0 Å². The largest absolute Gasteiger partial charge is 0.508 e. The lowest BCUT2D eigenvalue weighted by Gasteiger charge is -2.35. The monoisotopic (exact) mass is 244 g/mol. The molecule has 96 valence electrons. The van der Waals surface area contributed by atoms with Gasteiger partial charge in [0.15, 0.2) is 5.78 Å². The number of aromatic hydroxyl groups is 1. The number of phenols is 1. The van der Waals surface area contributed by atoms with Crippen LogP contribution in [0.25, 0.3) is 0 Å². The van der Waals surface area contributed by atoms with Gasteiger partial charge in [0.1, 0.15) is 5.75 Å². The maximum absolute atomic E-state index is 12.6. The van der Waals surface area contributed by atoms with Crippen LogP contribution in [0.5, 0.6) is 5.75 Å². The van der Waals surface area contributed by atoms with Crippen molar-refractivity contribution in [2.24, 2.45) is 11.3 Å². The molecule has 0 bridgehead atoms. The summed E-state index contributed by atoms with van der Waals surface area (Å²) < 4.78 is 0. The highest BCUT2D eigenvalue weighted by Crippen LogP contribution is 2.49. The van der Waals surface area contributed by atoms with Crippen LogP contribution in [-0.2, 0) is 6.42 Å². The van der Waals surface area contributed by atoms with E-state index in [0.717, 1.165) is 36.3 Å². The lowest BCUT2D eigenvalue weighted by Crippen LogP contribution is -2.33. The maximum atomic E-state index is 12.6. The zero-order chi connectivity index (χ0) is 12.8. The Hall–Kier alpha value is -1.31. The molecule has 1 aromatic carbocycles. The summed E-state index contributed by atoms with van der Waals surface area (Å²) in [7, 11) is 0. The second-order valence-electron chi connectivity index (χ2n) is 5.98. The summed E-state index contributed by atoms with van der Waals surface area (Å²) in [5, 5.41) is 9.53. The van der Waals surface area contributed by atoms with Gasteiger partial charge in [-0.3, -0.25) is 4.79 Å². The molecule has 3 rings (SSSR count). The topological polar surface area (TPSA) is 37.3 Å². The first-order chi connectivity index (χ1) is 8.64. The predicted molar refractivity (Wildman–Crippen MR) is 70.8 cm³/mol. The van der Waals surface area contributed by atoms with Gasteiger partial charge < -0.3 is 5.11 Å². The quantitative estimate of drug-likeness (QED) is 0.817. The second-order valence-corrected chi connectivity index (χ2v) is 5.98. The first kappa shape index (κ1) is 11.8. The van der Waals surface area contributed by atoms with Crippen LogP contribution in [0.4, 0.5) is 0 Å². The van der Waals surface area contributed by atoms with Crippen LogP contribution in [0.1, 0.15) is 54.9 Å². The van der Waals surface area contributed by atoms with Crippen molar-refractivity contribution in [3.63, 3.8) is 0 Å². The van der Waals surface area contributed by atoms with E-state index in [1.165, 1.54) is 19.3 Å². The fourth-order valence-corrected chi connectivity index (χ4v) is 3.70. The van der Waals surface area contributed by atoms with Gasteiger partial charge in [0, 0.05) is 11.0 Å². The Balaban J connectivity index is 1.88. The van der Waals surface area contributed by atoms with E-state index in [4.69, 9.17) is 0 Å². The van der Waals surface area contributed by atoms with Crippen molar-refractivity contribution in [1.82, 2.24) is 0 Å². The van der Waals surface area contributed by atoms with Crippen molar-refractivity contribution in [3.05, 3.63) is 29.3 Å². The molecule has 0 aromatic heterocycles. The number of carbonyl (C=O) groups is 1. The average molecular weight is 244 g/mol. The Bertz CT molecular complexity index is 482. The molecule has 2 aliphatic rings. The molecule has 0 radical (unpaired) electrons. The van der Waals surface area contributed by atoms with Gasteiger partial charge in [-0.15, -0.1) is 0 Å². The van der Waals surface area contributed by atoms with Crippen molar-refractivity contribution < 1.29 is 9.90 Å². The van der Waals surface area contributed by atoms with Crippen LogP contribution in [-0.4, -0.2) is 10.9 Å². The molecule has 0 amide bonds. The third-order valence-electron chi connectivity index (χ3n) is 4.99. The van der Waals surface area contributed by atoms with Crippen molar-refractivity contribution >= 4 is 5.78 Å². The molecule has 1 fully saturated rings. The number of Topliss-reactive ketones (excluding diaryl/α,β-unsaturated/α-hetero) is 1. The number of hydrogen-bond donors (Lipinski definition) is 1. The SMILES string of the molecule is CCC1CCC2(CC1)Cc1ccc(O)cc1C2=O. The predicted octanol–water partition coefficient (Wildman–Crippen LogP) is 3.72. The van der Waals surface area contributed by atoms with Crippen LogP contribution in [0, 0.1) is 11.3 Å². The summed E-state index contributed by atoms with van der Waals surface area (Å²) in [5.41, 5.74) is 1.76. The molecule has 0 saturated heterocycles. The van der Waals surface area contributed by atoms with E-state index in [1.54, 1.807) is 12.1 Å². The third kappa shape index (κ3) is 1.66. The number of benzene rings is 1. The van der Waals surface area contributed by atoms with Gasteiger partial charge in [0.05, 0.1) is 0 Å². The number of hydrogen-bond acceptors (Lipinski definition) is 2. The minimum Gasteiger partial charge on any atom is -0.508 e. The first-order valence-electron chi connectivity index (χ1n) is 7.01. The van der Waals surface area contributed by atoms with Gasteiger partial charge in [-0.05, 0) is 55.7 Å². The van der Waals surface area contributed by atoms with Gasteiger partial charge >= 0.3 is 0 Å². The van der Waals surface area contributed by atoms with E-state index in [9.17, 15) is 9.90 Å². The number of phenolic OH excluding ortho intramolecular Hbond substituents is 1. The van der Waals surface area contributed by atoms with Crippen molar-refractivity contribution in [2.45, 2.75) is 45.4 Å². The first-order valence-corrected chi connectivity index (χ1v) is 7.01. The molecule has 0 unspecified atom stereocenters. The highest BCUT2D eigenvalue weighted by molar-refractivity contribution is 6.05. The molecule has 2 heteroatoms. The second kappa shape index (κ2) is 4.11. The molecule has 0 heterocycles. The van der Waals surface area contributed by atoms with E-state index in [1.807, 2.05) is 6.07 Å². The Labute approximate surface area is 108 Å². The molecule has 1 N–H and O–H groups in total. The van der Waals surface area contributed by atoms with E-state index in [2.05, 4.69) is 6.92 Å². The van der Waals surface area contributed by atoms with Gasteiger partial charge in [-0.2, -0.15) is 0 Å². The molecular weight excluding hydrogens is 224 g/mol. The summed E-state index contributed by atoms with van der Waals surface area (Å²) >= 11 is 0. The van der Waals surface area contributed by atoms with Gasteiger partial charge in [-0.1, -0.05) is 19.4 Å². The highest BCUT2D eigenvalue weighted by Gasteiger charge is 2.46. The molecule has 1 spiro atoms. The van der Waals surface area contributed by atoms with Crippen LogP contribution >= 0.6 is 0 Å². The molecule has 0 atom stereocenters. The number of carbonyl (C=O) groups excluding carboxylic acids is 1. The fraction of sp³-hybridized carbons (Fsp3) is 0.562. The number of ketones is 1. The average Bonchev–Trinajstić information content (AvgIpc) is 2.65. The highest BCUT2D eigenvalue weighted by atomic mass is 16.3. The third-order valence-corrected chi connectivity index (χ3v) is 4.99. The standard InChI is InChI=1S/C16H20O2/c1-2-11-5-7-16(8-6-11)10-12-3-4-13(17)9-14(12)15(16)18/h3-4,9,11,17H,2,5-8,10H2,1H3. The fourth-order valence-electron chi connectivity index (χ4n) is 3.70. The maximum Gasteiger partial charge on any atom is 0.169 e. The molecule has 1 aromatic rings. The van der Waals surface area contributed by atoms with Crippen LogP contribution in [0.15, 0.2) is 18.2 Å². The zero-order valence-electron chi connectivity index (χ0n) is 10.9. The van der Waals surface area contributed by atoms with E-state index in [-0.39, 0.29) is 16.9 Å². The van der Waals surface area contributed by atoms with Crippen molar-refractivity contribution in [3.8, 4) is 5.75 Å². The van der Waals surface area contributed by atoms with E-state index in [0.29, 0.717) is 0 Å². The Morgan fingerprint density at radius 1 is 1.33 bits per heavy atom. The summed E-state index contributed by atoms with van der Waals surface area (Å²) in [6.45, 7) is 2.24. The minimum absolute atomic E-state index is 0.137. The Morgan fingerprint density at radius 3 is 2.72 bits per heavy atom. The number of fused-ring (bicyclic) bond motifs is 1. The van der Waals surface area contributed by atoms with E-state index >= 15 is 0 Å². The zero-order valence-corrected chi connectivity index (χ0v) is 10.9. The Kier molecular flexibility index (Phi) is 2.69. The van der Waals surface area contributed by atoms with Crippen LogP contribution in [0.3, 0.4) is 0 Å². The van der Waals surface area contributed by atoms with E-state index < -0.39 is 0 Å². The van der Waals surface area contributed by atoms with Crippen molar-refractivity contribution in [1.29, 1.82) is 0 Å². The van der Waals surface area contributed by atoms with Crippen LogP contribution in [0.2, 0.25) is 0 Å². The summed E-state index contributed by atoms with van der Waals surface area (Å²) in [5.74, 6) is 1.30. The summed E-state index contributed by atoms with van der Waals surface area (Å²) in [4.78, 5) is 12.6. The lowest BCUT2D eigenvalue weighted by molar-refractivity contribution is 0.0703. The Morgan fingerprint density at radius 2 is 2.06 bits per heavy atom. The molecule has 2 nitrogen and oxygen atoms in total. The molecule has 0 aliphatic heterocycles. The summed E-state index contributed by atoms with van der Waals surface area (Å²) in [6.07, 6.45) is 6.54. The molecular formula is C16H20O2. The summed E-state index contributed by atoms with van der Waals surface area (Å²) in [6, 6.07) is 5.27.